The molecule has 3 atom stereocenters. The Labute approximate surface area is 364 Å². The number of aryl methyl sites for hydroxylation is 2. The van der Waals surface area contributed by atoms with Gasteiger partial charge in [-0.1, -0.05) is 71.4 Å². The molecule has 0 saturated carbocycles. The molecule has 3 aromatic carbocycles. The number of nitrogens with one attached hydrogen (secondary N) is 1. The molecule has 10 nitrogen and oxygen atoms in total. The fourth-order valence-electron chi connectivity index (χ4n) is 6.88. The van der Waals surface area contributed by atoms with Gasteiger partial charge in [0.2, 0.25) is 5.88 Å². The summed E-state index contributed by atoms with van der Waals surface area (Å²) in [5.41, 5.74) is 2.80. The molecule has 324 valence electrons. The first kappa shape index (κ1) is 48.3. The Morgan fingerprint density at radius 2 is 1.77 bits per heavy atom. The third-order valence-electron chi connectivity index (χ3n) is 9.92. The lowest BCUT2D eigenvalue weighted by molar-refractivity contribution is -0.137. The first-order chi connectivity index (χ1) is 28.8. The van der Waals surface area contributed by atoms with Crippen molar-refractivity contribution in [2.75, 3.05) is 13.7 Å². The molecule has 1 aliphatic heterocycles. The Hall–Kier alpha value is -4.34. The lowest BCUT2D eigenvalue weighted by atomic mass is 9.76. The van der Waals surface area contributed by atoms with Crippen LogP contribution in [0.1, 0.15) is 107 Å². The average Bonchev–Trinajstić information content (AvgIpc) is 4.01. The smallest absolute Gasteiger partial charge is 0.302 e. The molecular weight excluding hydrogens is 910 g/mol. The van der Waals surface area contributed by atoms with Crippen LogP contribution in [0.2, 0.25) is 0 Å². The van der Waals surface area contributed by atoms with E-state index in [2.05, 4.69) is 43.8 Å². The van der Waals surface area contributed by atoms with Crippen molar-refractivity contribution in [1.29, 1.82) is 0 Å². The van der Waals surface area contributed by atoms with E-state index < -0.39 is 42.1 Å². The Balaban J connectivity index is 0.000000812. The Kier molecular flexibility index (Phi) is 17.7. The third kappa shape index (κ3) is 11.3. The summed E-state index contributed by atoms with van der Waals surface area (Å²) in [6, 6.07) is 17.1. The van der Waals surface area contributed by atoms with Gasteiger partial charge in [0.25, 0.3) is 5.92 Å². The second-order valence-electron chi connectivity index (χ2n) is 13.9. The van der Waals surface area contributed by atoms with Crippen molar-refractivity contribution in [2.45, 2.75) is 98.1 Å². The van der Waals surface area contributed by atoms with Gasteiger partial charge in [0, 0.05) is 55.3 Å². The SMILES string of the molecule is CC.CC.CCCc1cccc(C2(C)CCC(F)(F)COc3ccn(n3)Cc3c(c(F)cc4[nH]ccc34)C(OPI)c3ccc(F)c(c3)-c3nc2nn3C)c1.COC(C)=O. The number of rotatable bonds is 5. The summed E-state index contributed by atoms with van der Waals surface area (Å²) in [5, 5.41) is 9.88. The molecule has 7 rings (SSSR count). The van der Waals surface area contributed by atoms with E-state index in [0.717, 1.165) is 29.4 Å². The molecule has 3 aromatic heterocycles. The molecule has 4 heterocycles. The zero-order chi connectivity index (χ0) is 44.2. The maximum Gasteiger partial charge on any atom is 0.302 e. The number of esters is 1. The number of benzene rings is 3. The molecule has 0 saturated heterocycles. The van der Waals surface area contributed by atoms with Crippen molar-refractivity contribution in [2.24, 2.45) is 7.05 Å². The fraction of sp³-hybridized carbons (Fsp3) is 0.409. The monoisotopic (exact) mass is 964 g/mol. The van der Waals surface area contributed by atoms with Gasteiger partial charge in [-0.3, -0.25) is 9.48 Å². The van der Waals surface area contributed by atoms with E-state index in [1.54, 1.807) is 31.6 Å². The van der Waals surface area contributed by atoms with E-state index in [0.29, 0.717) is 16.6 Å². The first-order valence-corrected chi connectivity index (χ1v) is 24.0. The lowest BCUT2D eigenvalue weighted by Gasteiger charge is -2.29. The highest BCUT2D eigenvalue weighted by molar-refractivity contribution is 14.2. The number of hydrogen-bond acceptors (Lipinski definition) is 7. The molecule has 0 radical (unpaired) electrons. The highest BCUT2D eigenvalue weighted by Crippen LogP contribution is 2.43. The van der Waals surface area contributed by atoms with E-state index in [1.807, 2.05) is 65.0 Å². The van der Waals surface area contributed by atoms with Gasteiger partial charge in [0.05, 0.1) is 31.1 Å². The number of hydrogen-bond donors (Lipinski definition) is 1. The molecule has 1 aliphatic rings. The van der Waals surface area contributed by atoms with Crippen molar-refractivity contribution < 1.29 is 36.4 Å². The summed E-state index contributed by atoms with van der Waals surface area (Å²) in [7, 11) is 3.00. The van der Waals surface area contributed by atoms with Gasteiger partial charge in [0.1, 0.15) is 17.7 Å². The summed E-state index contributed by atoms with van der Waals surface area (Å²) in [4.78, 5) is 17.5. The van der Waals surface area contributed by atoms with Crippen molar-refractivity contribution in [3.05, 3.63) is 118 Å². The minimum Gasteiger partial charge on any atom is -0.470 e. The van der Waals surface area contributed by atoms with Gasteiger partial charge in [-0.05, 0) is 88.3 Å². The van der Waals surface area contributed by atoms with Crippen LogP contribution in [0.15, 0.2) is 73.1 Å². The number of H-pyrrole nitrogens is 1. The number of alkyl halides is 2. The summed E-state index contributed by atoms with van der Waals surface area (Å²) >= 11 is 2.08. The van der Waals surface area contributed by atoms with Crippen LogP contribution >= 0.6 is 28.5 Å². The van der Waals surface area contributed by atoms with Crippen molar-refractivity contribution in [3.8, 4) is 17.3 Å². The summed E-state index contributed by atoms with van der Waals surface area (Å²) < 4.78 is 82.4. The number of ether oxygens (including phenoxy) is 2. The number of fused-ring (bicyclic) bond motifs is 10. The van der Waals surface area contributed by atoms with Gasteiger partial charge < -0.3 is 19.0 Å². The Morgan fingerprint density at radius 3 is 2.45 bits per heavy atom. The molecule has 0 fully saturated rings. The Morgan fingerprint density at radius 1 is 1.03 bits per heavy atom. The van der Waals surface area contributed by atoms with E-state index in [1.165, 1.54) is 41.6 Å². The van der Waals surface area contributed by atoms with E-state index in [9.17, 15) is 4.79 Å². The molecule has 1 N–H and O–H groups in total. The molecule has 0 aliphatic carbocycles. The minimum absolute atomic E-state index is 0.0200. The van der Waals surface area contributed by atoms with Crippen LogP contribution in [-0.4, -0.2) is 55.1 Å². The van der Waals surface area contributed by atoms with Gasteiger partial charge in [-0.25, -0.2) is 27.2 Å². The van der Waals surface area contributed by atoms with Gasteiger partial charge in [0.15, 0.2) is 18.3 Å². The molecule has 0 amide bonds. The van der Waals surface area contributed by atoms with Gasteiger partial charge in [-0.15, -0.1) is 5.10 Å². The highest BCUT2D eigenvalue weighted by Gasteiger charge is 2.40. The number of carbonyl (C=O) groups is 1. The van der Waals surface area contributed by atoms with Crippen molar-refractivity contribution in [1.82, 2.24) is 29.5 Å². The molecule has 16 heteroatoms. The molecular formula is C44H54F4IN6O4P. The molecule has 6 bridgehead atoms. The van der Waals surface area contributed by atoms with Crippen molar-refractivity contribution >= 4 is 45.4 Å². The molecule has 60 heavy (non-hydrogen) atoms. The zero-order valence-electron chi connectivity index (χ0n) is 35.5. The van der Waals surface area contributed by atoms with E-state index >= 15 is 17.6 Å². The van der Waals surface area contributed by atoms with Crippen LogP contribution in [0.5, 0.6) is 5.88 Å². The lowest BCUT2D eigenvalue weighted by Crippen LogP contribution is -2.32. The third-order valence-corrected chi connectivity index (χ3v) is 11.0. The summed E-state index contributed by atoms with van der Waals surface area (Å²) in [6.45, 7) is 12.4. The maximum absolute atomic E-state index is 16.3. The minimum atomic E-state index is -3.23. The van der Waals surface area contributed by atoms with Crippen LogP contribution < -0.4 is 4.74 Å². The zero-order valence-corrected chi connectivity index (χ0v) is 38.7. The Bertz CT molecular complexity index is 2330. The number of carbonyl (C=O) groups excluding carboxylic acids is 1. The number of aromatic amines is 1. The molecule has 6 aromatic rings. The predicted octanol–water partition coefficient (Wildman–Crippen LogP) is 11.8. The molecule has 0 spiro atoms. The maximum atomic E-state index is 16.3. The number of aromatic nitrogens is 6. The van der Waals surface area contributed by atoms with Gasteiger partial charge in [-0.2, -0.15) is 5.10 Å². The van der Waals surface area contributed by atoms with Crippen LogP contribution in [0.25, 0.3) is 22.3 Å². The second-order valence-corrected chi connectivity index (χ2v) is 15.6. The fourth-order valence-corrected chi connectivity index (χ4v) is 7.99. The van der Waals surface area contributed by atoms with Crippen molar-refractivity contribution in [3.63, 3.8) is 0 Å². The molecule has 3 unspecified atom stereocenters. The normalized spacial score (nSPS) is 17.3. The second kappa shape index (κ2) is 22.0. The highest BCUT2D eigenvalue weighted by atomic mass is 127. The van der Waals surface area contributed by atoms with Crippen LogP contribution in [0, 0.1) is 11.6 Å². The summed E-state index contributed by atoms with van der Waals surface area (Å²) in [6.07, 6.45) is 3.57. The number of halogens is 5. The summed E-state index contributed by atoms with van der Waals surface area (Å²) in [5.74, 6) is -4.07. The predicted molar refractivity (Wildman–Crippen MR) is 238 cm³/mol. The quantitative estimate of drug-likeness (QED) is 0.0793. The van der Waals surface area contributed by atoms with Crippen LogP contribution in [-0.2, 0) is 39.5 Å². The van der Waals surface area contributed by atoms with Crippen LogP contribution in [0.3, 0.4) is 0 Å². The number of nitrogens with zero attached hydrogens (tertiary/aromatic N) is 5. The largest absolute Gasteiger partial charge is 0.470 e. The number of methoxy groups -OCH3 is 1. The van der Waals surface area contributed by atoms with E-state index in [-0.39, 0.29) is 54.0 Å². The average molecular weight is 965 g/mol. The van der Waals surface area contributed by atoms with Gasteiger partial charge >= 0.3 is 5.97 Å². The van der Waals surface area contributed by atoms with E-state index in [4.69, 9.17) is 19.3 Å². The van der Waals surface area contributed by atoms with Crippen LogP contribution in [0.4, 0.5) is 17.6 Å². The standard InChI is InChI=1S/C37H36F4IN6O2P.C3H6O2.2C2H6/c1-4-6-22-7-5-8-24(17-22)36(2)13-14-37(40,41)21-49-31-12-16-48(45-31)20-27-25-11-15-43-30(25)19-29(39)32(27)33(50-51-42)23-9-10-28(38)26(18-23)34-44-35(36)46-47(34)3;1-3(4)5-2;2*1-2/h5,7-12,15-19,33,43,51H,4,6,13-14,20-21H2,1-3H3;1-2H3;2*1-2H3. The topological polar surface area (TPSA) is 109 Å². The first-order valence-electron chi connectivity index (χ1n) is 20.0.